The Bertz CT molecular complexity index is 373. The third-order valence-electron chi connectivity index (χ3n) is 4.03. The van der Waals surface area contributed by atoms with Crippen molar-refractivity contribution in [1.82, 2.24) is 5.32 Å². The van der Waals surface area contributed by atoms with Gasteiger partial charge >= 0.3 is 0 Å². The maximum Gasteiger partial charge on any atom is 0.119 e. The summed E-state index contributed by atoms with van der Waals surface area (Å²) in [6.45, 7) is 7.53. The maximum absolute atomic E-state index is 5.62. The molecule has 1 aromatic carbocycles. The number of ether oxygens (including phenoxy) is 1. The number of hydrogen-bond donors (Lipinski definition) is 1. The second-order valence-electron chi connectivity index (χ2n) is 5.92. The van der Waals surface area contributed by atoms with Gasteiger partial charge in [0.15, 0.2) is 0 Å². The molecule has 19 heavy (non-hydrogen) atoms. The maximum atomic E-state index is 5.62. The van der Waals surface area contributed by atoms with E-state index in [2.05, 4.69) is 50.4 Å². The lowest BCUT2D eigenvalue weighted by molar-refractivity contribution is 0.317. The number of rotatable bonds is 6. The summed E-state index contributed by atoms with van der Waals surface area (Å²) < 4.78 is 5.62. The summed E-state index contributed by atoms with van der Waals surface area (Å²) in [5.74, 6) is 1.86. The molecule has 1 saturated carbocycles. The lowest BCUT2D eigenvalue weighted by Gasteiger charge is -2.20. The van der Waals surface area contributed by atoms with E-state index in [0.29, 0.717) is 12.1 Å². The first-order valence-electron chi connectivity index (χ1n) is 7.67. The third kappa shape index (κ3) is 4.24. The molecule has 0 radical (unpaired) electrons. The van der Waals surface area contributed by atoms with Gasteiger partial charge in [0.25, 0.3) is 0 Å². The van der Waals surface area contributed by atoms with Crippen LogP contribution < -0.4 is 10.1 Å². The lowest BCUT2D eigenvalue weighted by atomic mass is 10.1. The monoisotopic (exact) mass is 261 g/mol. The summed E-state index contributed by atoms with van der Waals surface area (Å²) in [5.41, 5.74) is 1.35. The Hall–Kier alpha value is -1.02. The predicted octanol–water partition coefficient (Wildman–Crippen LogP) is 4.31. The molecule has 0 aliphatic heterocycles. The Kier molecular flexibility index (Phi) is 5.26. The van der Waals surface area contributed by atoms with Gasteiger partial charge in [0.05, 0.1) is 6.61 Å². The molecule has 0 spiro atoms. The Morgan fingerprint density at radius 3 is 2.58 bits per heavy atom. The van der Waals surface area contributed by atoms with Crippen LogP contribution in [0.4, 0.5) is 0 Å². The van der Waals surface area contributed by atoms with E-state index in [4.69, 9.17) is 4.74 Å². The number of nitrogens with one attached hydrogen (secondary N) is 1. The molecule has 0 heterocycles. The van der Waals surface area contributed by atoms with Gasteiger partial charge < -0.3 is 10.1 Å². The van der Waals surface area contributed by atoms with E-state index in [1.807, 2.05) is 0 Å². The van der Waals surface area contributed by atoms with E-state index < -0.39 is 0 Å². The molecule has 1 N–H and O–H groups in total. The largest absolute Gasteiger partial charge is 0.494 e. The SMILES string of the molecule is CCCOc1ccc(C(C)NC2CCC(C)C2)cc1. The zero-order valence-corrected chi connectivity index (χ0v) is 12.5. The smallest absolute Gasteiger partial charge is 0.119 e. The van der Waals surface area contributed by atoms with Crippen molar-refractivity contribution in [3.63, 3.8) is 0 Å². The van der Waals surface area contributed by atoms with Crippen molar-refractivity contribution in [3.8, 4) is 5.75 Å². The summed E-state index contributed by atoms with van der Waals surface area (Å²) >= 11 is 0. The molecule has 3 atom stereocenters. The second kappa shape index (κ2) is 6.95. The minimum Gasteiger partial charge on any atom is -0.494 e. The van der Waals surface area contributed by atoms with Gasteiger partial charge in [-0.05, 0) is 56.2 Å². The standard InChI is InChI=1S/C17H27NO/c1-4-11-19-17-9-6-15(7-10-17)14(3)18-16-8-5-13(2)12-16/h6-7,9-10,13-14,16,18H,4-5,8,11-12H2,1-3H3. The van der Waals surface area contributed by atoms with Crippen LogP contribution in [0.3, 0.4) is 0 Å². The molecule has 0 amide bonds. The van der Waals surface area contributed by atoms with Crippen molar-refractivity contribution in [2.75, 3.05) is 6.61 Å². The van der Waals surface area contributed by atoms with Gasteiger partial charge in [-0.1, -0.05) is 26.0 Å². The average molecular weight is 261 g/mol. The van der Waals surface area contributed by atoms with Crippen molar-refractivity contribution in [1.29, 1.82) is 0 Å². The molecule has 2 nitrogen and oxygen atoms in total. The van der Waals surface area contributed by atoms with Crippen LogP contribution in [0.5, 0.6) is 5.75 Å². The van der Waals surface area contributed by atoms with Crippen LogP contribution in [0.2, 0.25) is 0 Å². The van der Waals surface area contributed by atoms with E-state index in [1.54, 1.807) is 0 Å². The highest BCUT2D eigenvalue weighted by molar-refractivity contribution is 5.29. The van der Waals surface area contributed by atoms with Crippen LogP contribution >= 0.6 is 0 Å². The van der Waals surface area contributed by atoms with E-state index >= 15 is 0 Å². The summed E-state index contributed by atoms with van der Waals surface area (Å²) in [6, 6.07) is 9.65. The topological polar surface area (TPSA) is 21.3 Å². The highest BCUT2D eigenvalue weighted by atomic mass is 16.5. The Morgan fingerprint density at radius 2 is 2.00 bits per heavy atom. The van der Waals surface area contributed by atoms with Crippen LogP contribution in [0, 0.1) is 5.92 Å². The van der Waals surface area contributed by atoms with Crippen LogP contribution in [-0.4, -0.2) is 12.6 Å². The minimum atomic E-state index is 0.426. The molecule has 1 aromatic rings. The predicted molar refractivity (Wildman–Crippen MR) is 80.6 cm³/mol. The molecule has 1 aliphatic rings. The van der Waals surface area contributed by atoms with Gasteiger partial charge in [0, 0.05) is 12.1 Å². The van der Waals surface area contributed by atoms with Crippen molar-refractivity contribution in [2.45, 2.75) is 58.5 Å². The van der Waals surface area contributed by atoms with Crippen molar-refractivity contribution in [3.05, 3.63) is 29.8 Å². The van der Waals surface area contributed by atoms with Crippen molar-refractivity contribution < 1.29 is 4.74 Å². The fourth-order valence-corrected chi connectivity index (χ4v) is 2.88. The van der Waals surface area contributed by atoms with Gasteiger partial charge in [0.1, 0.15) is 5.75 Å². The second-order valence-corrected chi connectivity index (χ2v) is 5.92. The Balaban J connectivity index is 1.86. The fourth-order valence-electron chi connectivity index (χ4n) is 2.88. The molecular formula is C17H27NO. The highest BCUT2D eigenvalue weighted by Gasteiger charge is 2.22. The van der Waals surface area contributed by atoms with Gasteiger partial charge in [-0.15, -0.1) is 0 Å². The third-order valence-corrected chi connectivity index (χ3v) is 4.03. The first-order chi connectivity index (χ1) is 9.19. The fraction of sp³-hybridized carbons (Fsp3) is 0.647. The van der Waals surface area contributed by atoms with E-state index in [9.17, 15) is 0 Å². The highest BCUT2D eigenvalue weighted by Crippen LogP contribution is 2.27. The molecular weight excluding hydrogens is 234 g/mol. The van der Waals surface area contributed by atoms with E-state index in [0.717, 1.165) is 24.7 Å². The van der Waals surface area contributed by atoms with Gasteiger partial charge in [-0.3, -0.25) is 0 Å². The first kappa shape index (κ1) is 14.4. The number of benzene rings is 1. The van der Waals surface area contributed by atoms with E-state index in [-0.39, 0.29) is 0 Å². The molecule has 3 unspecified atom stereocenters. The van der Waals surface area contributed by atoms with Crippen LogP contribution in [-0.2, 0) is 0 Å². The molecule has 106 valence electrons. The average Bonchev–Trinajstić information content (AvgIpc) is 2.82. The van der Waals surface area contributed by atoms with Crippen molar-refractivity contribution >= 4 is 0 Å². The minimum absolute atomic E-state index is 0.426. The molecule has 0 saturated heterocycles. The molecule has 0 aromatic heterocycles. The zero-order valence-electron chi connectivity index (χ0n) is 12.5. The molecule has 1 aliphatic carbocycles. The van der Waals surface area contributed by atoms with Crippen LogP contribution in [0.15, 0.2) is 24.3 Å². The first-order valence-corrected chi connectivity index (χ1v) is 7.67. The van der Waals surface area contributed by atoms with Gasteiger partial charge in [-0.25, -0.2) is 0 Å². The molecule has 2 rings (SSSR count). The molecule has 0 bridgehead atoms. The summed E-state index contributed by atoms with van der Waals surface area (Å²) in [5, 5.41) is 3.75. The molecule has 1 fully saturated rings. The summed E-state index contributed by atoms with van der Waals surface area (Å²) in [7, 11) is 0. The van der Waals surface area contributed by atoms with Crippen molar-refractivity contribution in [2.24, 2.45) is 5.92 Å². The lowest BCUT2D eigenvalue weighted by Crippen LogP contribution is -2.29. The Labute approximate surface area is 117 Å². The van der Waals surface area contributed by atoms with Crippen LogP contribution in [0.1, 0.15) is 58.1 Å². The summed E-state index contributed by atoms with van der Waals surface area (Å²) in [6.07, 6.45) is 5.07. The van der Waals surface area contributed by atoms with E-state index in [1.165, 1.54) is 24.8 Å². The normalized spacial score (nSPS) is 24.4. The quantitative estimate of drug-likeness (QED) is 0.823. The number of hydrogen-bond acceptors (Lipinski definition) is 2. The van der Waals surface area contributed by atoms with Gasteiger partial charge in [0.2, 0.25) is 0 Å². The summed E-state index contributed by atoms with van der Waals surface area (Å²) in [4.78, 5) is 0. The van der Waals surface area contributed by atoms with Gasteiger partial charge in [-0.2, -0.15) is 0 Å². The van der Waals surface area contributed by atoms with Crippen LogP contribution in [0.25, 0.3) is 0 Å². The molecule has 2 heteroatoms. The Morgan fingerprint density at radius 1 is 1.26 bits per heavy atom. The zero-order chi connectivity index (χ0) is 13.7.